The SMILES string of the molecule is CC(=O)c1cc(Br)ccc1OCc1ccc(F)cc1Br. The first-order chi connectivity index (χ1) is 9.47. The highest BCUT2D eigenvalue weighted by molar-refractivity contribution is 9.10. The number of rotatable bonds is 4. The quantitative estimate of drug-likeness (QED) is 0.663. The van der Waals surface area contributed by atoms with Gasteiger partial charge in [-0.25, -0.2) is 4.39 Å². The van der Waals surface area contributed by atoms with Gasteiger partial charge in [-0.15, -0.1) is 0 Å². The van der Waals surface area contributed by atoms with E-state index in [0.29, 0.717) is 15.8 Å². The molecule has 104 valence electrons. The van der Waals surface area contributed by atoms with Crippen molar-refractivity contribution in [3.63, 3.8) is 0 Å². The van der Waals surface area contributed by atoms with E-state index in [2.05, 4.69) is 31.9 Å². The van der Waals surface area contributed by atoms with Crippen LogP contribution in [0.2, 0.25) is 0 Å². The lowest BCUT2D eigenvalue weighted by Gasteiger charge is -2.11. The van der Waals surface area contributed by atoms with Crippen LogP contribution in [0, 0.1) is 5.82 Å². The molecule has 0 unspecified atom stereocenters. The molecule has 20 heavy (non-hydrogen) atoms. The van der Waals surface area contributed by atoms with Crippen molar-refractivity contribution in [1.29, 1.82) is 0 Å². The van der Waals surface area contributed by atoms with E-state index in [1.807, 2.05) is 6.07 Å². The Labute approximate surface area is 133 Å². The molecule has 2 aromatic carbocycles. The standard InChI is InChI=1S/C15H11Br2FO2/c1-9(19)13-6-11(16)3-5-15(13)20-8-10-2-4-12(18)7-14(10)17/h2-7H,8H2,1H3. The Morgan fingerprint density at radius 3 is 2.60 bits per heavy atom. The zero-order valence-electron chi connectivity index (χ0n) is 10.6. The number of ether oxygens (including phenoxy) is 1. The van der Waals surface area contributed by atoms with Crippen LogP contribution in [0.5, 0.6) is 5.75 Å². The van der Waals surface area contributed by atoms with Gasteiger partial charge in [0, 0.05) is 14.5 Å². The minimum absolute atomic E-state index is 0.0699. The Morgan fingerprint density at radius 1 is 1.20 bits per heavy atom. The summed E-state index contributed by atoms with van der Waals surface area (Å²) >= 11 is 6.61. The van der Waals surface area contributed by atoms with Crippen molar-refractivity contribution in [3.8, 4) is 5.75 Å². The monoisotopic (exact) mass is 400 g/mol. The molecule has 0 spiro atoms. The van der Waals surface area contributed by atoms with Crippen molar-refractivity contribution in [2.45, 2.75) is 13.5 Å². The Hall–Kier alpha value is -1.20. The van der Waals surface area contributed by atoms with Gasteiger partial charge >= 0.3 is 0 Å². The molecule has 0 bridgehead atoms. The molecule has 0 atom stereocenters. The van der Waals surface area contributed by atoms with Crippen LogP contribution in [-0.4, -0.2) is 5.78 Å². The van der Waals surface area contributed by atoms with Gasteiger partial charge in [0.15, 0.2) is 5.78 Å². The van der Waals surface area contributed by atoms with Crippen molar-refractivity contribution >= 4 is 37.6 Å². The largest absolute Gasteiger partial charge is 0.488 e. The van der Waals surface area contributed by atoms with E-state index < -0.39 is 0 Å². The predicted octanol–water partition coefficient (Wildman–Crippen LogP) is 5.13. The minimum Gasteiger partial charge on any atom is -0.488 e. The average Bonchev–Trinajstić information content (AvgIpc) is 2.38. The maximum Gasteiger partial charge on any atom is 0.163 e. The Kier molecular flexibility index (Phi) is 4.94. The Bertz CT molecular complexity index is 656. The van der Waals surface area contributed by atoms with Crippen LogP contribution in [0.15, 0.2) is 45.3 Å². The lowest BCUT2D eigenvalue weighted by Crippen LogP contribution is -2.02. The molecule has 0 saturated heterocycles. The summed E-state index contributed by atoms with van der Waals surface area (Å²) in [6.45, 7) is 1.74. The lowest BCUT2D eigenvalue weighted by atomic mass is 10.1. The van der Waals surface area contributed by atoms with Crippen LogP contribution < -0.4 is 4.74 Å². The number of halogens is 3. The van der Waals surface area contributed by atoms with Crippen molar-refractivity contribution in [2.24, 2.45) is 0 Å². The van der Waals surface area contributed by atoms with E-state index in [0.717, 1.165) is 10.0 Å². The third-order valence-corrected chi connectivity index (χ3v) is 3.95. The van der Waals surface area contributed by atoms with Gasteiger partial charge in [0.25, 0.3) is 0 Å². The molecular weight excluding hydrogens is 391 g/mol. The second kappa shape index (κ2) is 6.50. The van der Waals surface area contributed by atoms with E-state index in [4.69, 9.17) is 4.74 Å². The van der Waals surface area contributed by atoms with Crippen LogP contribution >= 0.6 is 31.9 Å². The van der Waals surface area contributed by atoms with Crippen LogP contribution in [0.4, 0.5) is 4.39 Å². The second-order valence-electron chi connectivity index (χ2n) is 4.22. The van der Waals surface area contributed by atoms with Gasteiger partial charge in [0.2, 0.25) is 0 Å². The molecule has 0 aliphatic heterocycles. The summed E-state index contributed by atoms with van der Waals surface area (Å²) in [4.78, 5) is 11.6. The molecular formula is C15H11Br2FO2. The van der Waals surface area contributed by atoms with E-state index >= 15 is 0 Å². The minimum atomic E-state index is -0.311. The fourth-order valence-electron chi connectivity index (χ4n) is 1.70. The molecule has 0 aromatic heterocycles. The number of benzene rings is 2. The maximum atomic E-state index is 13.0. The van der Waals surface area contributed by atoms with Crippen molar-refractivity contribution in [1.82, 2.24) is 0 Å². The van der Waals surface area contributed by atoms with Gasteiger partial charge in [0.05, 0.1) is 5.56 Å². The zero-order valence-corrected chi connectivity index (χ0v) is 13.8. The van der Waals surface area contributed by atoms with Crippen molar-refractivity contribution in [2.75, 3.05) is 0 Å². The molecule has 0 radical (unpaired) electrons. The van der Waals surface area contributed by atoms with Crippen LogP contribution in [0.3, 0.4) is 0 Å². The molecule has 0 N–H and O–H groups in total. The highest BCUT2D eigenvalue weighted by Crippen LogP contribution is 2.26. The number of ketones is 1. The number of carbonyl (C=O) groups is 1. The summed E-state index contributed by atoms with van der Waals surface area (Å²) in [7, 11) is 0. The number of carbonyl (C=O) groups excluding carboxylic acids is 1. The van der Waals surface area contributed by atoms with Gasteiger partial charge in [-0.05, 0) is 37.3 Å². The highest BCUT2D eigenvalue weighted by atomic mass is 79.9. The van der Waals surface area contributed by atoms with E-state index in [9.17, 15) is 9.18 Å². The molecule has 0 amide bonds. The predicted molar refractivity (Wildman–Crippen MR) is 82.6 cm³/mol. The normalized spacial score (nSPS) is 10.4. The van der Waals surface area contributed by atoms with Crippen LogP contribution in [0.1, 0.15) is 22.8 Å². The average molecular weight is 402 g/mol. The first-order valence-electron chi connectivity index (χ1n) is 5.84. The van der Waals surface area contributed by atoms with Gasteiger partial charge in [0.1, 0.15) is 18.2 Å². The van der Waals surface area contributed by atoms with Crippen molar-refractivity contribution in [3.05, 3.63) is 62.3 Å². The molecule has 2 aromatic rings. The second-order valence-corrected chi connectivity index (χ2v) is 5.99. The molecule has 2 rings (SSSR count). The third kappa shape index (κ3) is 3.67. The summed E-state index contributed by atoms with van der Waals surface area (Å²) < 4.78 is 20.1. The van der Waals surface area contributed by atoms with Crippen LogP contribution in [-0.2, 0) is 6.61 Å². The van der Waals surface area contributed by atoms with Gasteiger partial charge < -0.3 is 4.74 Å². The molecule has 2 nitrogen and oxygen atoms in total. The Morgan fingerprint density at radius 2 is 1.95 bits per heavy atom. The summed E-state index contributed by atoms with van der Waals surface area (Å²) in [6.07, 6.45) is 0. The molecule has 0 aliphatic rings. The van der Waals surface area contributed by atoms with E-state index in [-0.39, 0.29) is 18.2 Å². The zero-order chi connectivity index (χ0) is 14.7. The van der Waals surface area contributed by atoms with E-state index in [1.54, 1.807) is 18.2 Å². The first kappa shape index (κ1) is 15.2. The fraction of sp³-hybridized carbons (Fsp3) is 0.133. The molecule has 0 saturated carbocycles. The molecule has 0 heterocycles. The van der Waals surface area contributed by atoms with Crippen molar-refractivity contribution < 1.29 is 13.9 Å². The topological polar surface area (TPSA) is 26.3 Å². The molecule has 5 heteroatoms. The number of hydrogen-bond donors (Lipinski definition) is 0. The number of Topliss-reactive ketones (excluding diaryl/α,β-unsaturated/α-hetero) is 1. The summed E-state index contributed by atoms with van der Waals surface area (Å²) in [5.41, 5.74) is 1.32. The number of hydrogen-bond acceptors (Lipinski definition) is 2. The molecule has 0 aliphatic carbocycles. The lowest BCUT2D eigenvalue weighted by molar-refractivity contribution is 0.101. The Balaban J connectivity index is 2.20. The smallest absolute Gasteiger partial charge is 0.163 e. The first-order valence-corrected chi connectivity index (χ1v) is 7.43. The highest BCUT2D eigenvalue weighted by Gasteiger charge is 2.10. The van der Waals surface area contributed by atoms with Gasteiger partial charge in [-0.1, -0.05) is 37.9 Å². The van der Waals surface area contributed by atoms with Gasteiger partial charge in [-0.2, -0.15) is 0 Å². The summed E-state index contributed by atoms with van der Waals surface area (Å²) in [5, 5.41) is 0. The maximum absolute atomic E-state index is 13.0. The fourth-order valence-corrected chi connectivity index (χ4v) is 2.52. The summed E-state index contributed by atoms with van der Waals surface area (Å²) in [6, 6.07) is 9.66. The molecule has 0 fully saturated rings. The van der Waals surface area contributed by atoms with Gasteiger partial charge in [-0.3, -0.25) is 4.79 Å². The van der Waals surface area contributed by atoms with E-state index in [1.165, 1.54) is 19.1 Å². The van der Waals surface area contributed by atoms with Crippen LogP contribution in [0.25, 0.3) is 0 Å². The summed E-state index contributed by atoms with van der Waals surface area (Å²) in [5.74, 6) is 0.130. The third-order valence-electron chi connectivity index (χ3n) is 2.72.